The van der Waals surface area contributed by atoms with E-state index in [2.05, 4.69) is 16.9 Å². The van der Waals surface area contributed by atoms with Crippen LogP contribution in [0, 0.1) is 6.92 Å². The van der Waals surface area contributed by atoms with Crippen molar-refractivity contribution >= 4 is 5.70 Å². The predicted molar refractivity (Wildman–Crippen MR) is 78.6 cm³/mol. The van der Waals surface area contributed by atoms with Gasteiger partial charge in [0.2, 0.25) is 0 Å². The smallest absolute Gasteiger partial charge is 0.124 e. The van der Waals surface area contributed by atoms with Crippen LogP contribution in [0.25, 0.3) is 17.0 Å². The summed E-state index contributed by atoms with van der Waals surface area (Å²) in [5.41, 5.74) is 9.28. The molecule has 0 aliphatic carbocycles. The van der Waals surface area contributed by atoms with Gasteiger partial charge in [-0.05, 0) is 12.5 Å². The molecule has 1 heterocycles. The van der Waals surface area contributed by atoms with E-state index in [0.29, 0.717) is 6.54 Å². The van der Waals surface area contributed by atoms with Crippen LogP contribution in [0.2, 0.25) is 0 Å². The van der Waals surface area contributed by atoms with E-state index < -0.39 is 0 Å². The van der Waals surface area contributed by atoms with Crippen LogP contribution in [0.4, 0.5) is 0 Å². The molecule has 0 amide bonds. The minimum absolute atomic E-state index is 0.586. The Labute approximate surface area is 112 Å². The molecule has 19 heavy (non-hydrogen) atoms. The highest BCUT2D eigenvalue weighted by Crippen LogP contribution is 2.20. The van der Waals surface area contributed by atoms with Crippen molar-refractivity contribution in [3.05, 3.63) is 48.4 Å². The number of nitrogens with zero attached hydrogens (tertiary/aromatic N) is 2. The summed E-state index contributed by atoms with van der Waals surface area (Å²) >= 11 is 0. The van der Waals surface area contributed by atoms with E-state index in [4.69, 9.17) is 11.6 Å². The maximum Gasteiger partial charge on any atom is 0.124 e. The fraction of sp³-hybridized carbons (Fsp3) is 0.214. The van der Waals surface area contributed by atoms with Crippen molar-refractivity contribution < 1.29 is 0 Å². The summed E-state index contributed by atoms with van der Waals surface area (Å²) in [5.74, 6) is 6.69. The van der Waals surface area contributed by atoms with Gasteiger partial charge >= 0.3 is 0 Å². The van der Waals surface area contributed by atoms with E-state index in [1.54, 1.807) is 10.9 Å². The van der Waals surface area contributed by atoms with E-state index in [9.17, 15) is 0 Å². The van der Waals surface area contributed by atoms with E-state index >= 15 is 0 Å². The molecule has 0 spiro atoms. The fourth-order valence-corrected chi connectivity index (χ4v) is 1.83. The SMILES string of the molecule is C=C(NCCN)c1ccc(-c2cnc(C)n2N)cc1. The third kappa shape index (κ3) is 2.77. The first-order valence-corrected chi connectivity index (χ1v) is 6.16. The number of imidazole rings is 1. The number of rotatable bonds is 5. The molecular formula is C14H19N5. The lowest BCUT2D eigenvalue weighted by Crippen LogP contribution is -2.20. The Morgan fingerprint density at radius 1 is 1.37 bits per heavy atom. The van der Waals surface area contributed by atoms with Crippen molar-refractivity contribution in [2.45, 2.75) is 6.92 Å². The van der Waals surface area contributed by atoms with Crippen molar-refractivity contribution in [3.63, 3.8) is 0 Å². The maximum absolute atomic E-state index is 5.91. The van der Waals surface area contributed by atoms with Crippen molar-refractivity contribution in [3.8, 4) is 11.3 Å². The van der Waals surface area contributed by atoms with Crippen LogP contribution in [0.3, 0.4) is 0 Å². The van der Waals surface area contributed by atoms with Crippen LogP contribution in [-0.4, -0.2) is 22.7 Å². The average Bonchev–Trinajstić information content (AvgIpc) is 2.76. The van der Waals surface area contributed by atoms with Crippen LogP contribution < -0.4 is 16.9 Å². The summed E-state index contributed by atoms with van der Waals surface area (Å²) in [6.45, 7) is 7.15. The van der Waals surface area contributed by atoms with Gasteiger partial charge in [-0.15, -0.1) is 0 Å². The number of nitrogen functional groups attached to an aromatic ring is 1. The van der Waals surface area contributed by atoms with E-state index in [1.807, 2.05) is 31.2 Å². The lowest BCUT2D eigenvalue weighted by atomic mass is 10.1. The van der Waals surface area contributed by atoms with Crippen molar-refractivity contribution in [2.75, 3.05) is 18.9 Å². The van der Waals surface area contributed by atoms with Gasteiger partial charge in [-0.25, -0.2) is 9.66 Å². The molecule has 0 saturated heterocycles. The van der Waals surface area contributed by atoms with Crippen LogP contribution >= 0.6 is 0 Å². The molecule has 0 saturated carbocycles. The second kappa shape index (κ2) is 5.58. The molecule has 0 aliphatic rings. The summed E-state index contributed by atoms with van der Waals surface area (Å²) in [4.78, 5) is 4.18. The summed E-state index contributed by atoms with van der Waals surface area (Å²) in [6, 6.07) is 8.02. The fourth-order valence-electron chi connectivity index (χ4n) is 1.83. The minimum atomic E-state index is 0.586. The zero-order chi connectivity index (χ0) is 13.8. The van der Waals surface area contributed by atoms with E-state index in [1.165, 1.54) is 0 Å². The molecule has 2 aromatic rings. The van der Waals surface area contributed by atoms with Crippen molar-refractivity contribution in [2.24, 2.45) is 5.73 Å². The maximum atomic E-state index is 5.91. The number of nitrogens with two attached hydrogens (primary N) is 2. The van der Waals surface area contributed by atoms with Gasteiger partial charge in [-0.1, -0.05) is 30.8 Å². The number of aromatic nitrogens is 2. The molecular weight excluding hydrogens is 238 g/mol. The topological polar surface area (TPSA) is 81.9 Å². The van der Waals surface area contributed by atoms with Crippen LogP contribution in [-0.2, 0) is 0 Å². The lowest BCUT2D eigenvalue weighted by Gasteiger charge is -2.09. The Morgan fingerprint density at radius 2 is 2.05 bits per heavy atom. The summed E-state index contributed by atoms with van der Waals surface area (Å²) in [6.07, 6.45) is 1.77. The first-order chi connectivity index (χ1) is 9.13. The third-order valence-electron chi connectivity index (χ3n) is 2.99. The number of hydrogen-bond acceptors (Lipinski definition) is 4. The zero-order valence-corrected chi connectivity index (χ0v) is 11.1. The molecule has 0 atom stereocenters. The molecule has 0 unspecified atom stereocenters. The Bertz CT molecular complexity index is 568. The molecule has 1 aromatic carbocycles. The Balaban J connectivity index is 2.19. The second-order valence-electron chi connectivity index (χ2n) is 4.33. The van der Waals surface area contributed by atoms with Gasteiger partial charge in [0.25, 0.3) is 0 Å². The first-order valence-electron chi connectivity index (χ1n) is 6.16. The molecule has 0 bridgehead atoms. The summed E-state index contributed by atoms with van der Waals surface area (Å²) in [7, 11) is 0. The highest BCUT2D eigenvalue weighted by molar-refractivity contribution is 5.67. The molecule has 100 valence electrons. The molecule has 0 aliphatic heterocycles. The van der Waals surface area contributed by atoms with Gasteiger partial charge in [0.1, 0.15) is 5.82 Å². The van der Waals surface area contributed by atoms with Crippen molar-refractivity contribution in [1.29, 1.82) is 0 Å². The Hall–Kier alpha value is -2.27. The molecule has 0 radical (unpaired) electrons. The van der Waals surface area contributed by atoms with Crippen LogP contribution in [0.5, 0.6) is 0 Å². The Morgan fingerprint density at radius 3 is 2.58 bits per heavy atom. The molecule has 2 rings (SSSR count). The van der Waals surface area contributed by atoms with Gasteiger partial charge in [0, 0.05) is 24.4 Å². The number of aryl methyl sites for hydroxylation is 1. The van der Waals surface area contributed by atoms with E-state index in [-0.39, 0.29) is 0 Å². The van der Waals surface area contributed by atoms with Crippen LogP contribution in [0.1, 0.15) is 11.4 Å². The molecule has 5 heteroatoms. The number of hydrogen-bond donors (Lipinski definition) is 3. The Kier molecular flexibility index (Phi) is 3.87. The average molecular weight is 257 g/mol. The molecule has 5 N–H and O–H groups in total. The molecule has 1 aromatic heterocycles. The first kappa shape index (κ1) is 13.2. The van der Waals surface area contributed by atoms with Crippen LogP contribution in [0.15, 0.2) is 37.0 Å². The zero-order valence-electron chi connectivity index (χ0n) is 11.1. The van der Waals surface area contributed by atoms with Gasteiger partial charge in [0.05, 0.1) is 11.9 Å². The van der Waals surface area contributed by atoms with Gasteiger partial charge in [0.15, 0.2) is 0 Å². The van der Waals surface area contributed by atoms with Gasteiger partial charge in [-0.2, -0.15) is 0 Å². The predicted octanol–water partition coefficient (Wildman–Crippen LogP) is 1.09. The largest absolute Gasteiger partial charge is 0.384 e. The molecule has 0 fully saturated rings. The molecule has 5 nitrogen and oxygen atoms in total. The highest BCUT2D eigenvalue weighted by atomic mass is 15.3. The lowest BCUT2D eigenvalue weighted by molar-refractivity contribution is 0.859. The summed E-state index contributed by atoms with van der Waals surface area (Å²) < 4.78 is 1.58. The second-order valence-corrected chi connectivity index (χ2v) is 4.33. The standard InChI is InChI=1S/C14H19N5/c1-10(17-8-7-15)12-3-5-13(6-4-12)14-9-18-11(2)19(14)16/h3-6,9,17H,1,7-8,15-16H2,2H3. The van der Waals surface area contributed by atoms with Gasteiger partial charge in [-0.3, -0.25) is 0 Å². The number of nitrogens with one attached hydrogen (secondary N) is 1. The minimum Gasteiger partial charge on any atom is -0.384 e. The quantitative estimate of drug-likeness (QED) is 0.700. The monoisotopic (exact) mass is 257 g/mol. The van der Waals surface area contributed by atoms with E-state index in [0.717, 1.165) is 34.9 Å². The van der Waals surface area contributed by atoms with Gasteiger partial charge < -0.3 is 16.9 Å². The van der Waals surface area contributed by atoms with Crippen molar-refractivity contribution in [1.82, 2.24) is 15.0 Å². The number of benzene rings is 1. The summed E-state index contributed by atoms with van der Waals surface area (Å²) in [5, 5.41) is 3.16. The third-order valence-corrected chi connectivity index (χ3v) is 2.99. The normalized spacial score (nSPS) is 10.4. The highest BCUT2D eigenvalue weighted by Gasteiger charge is 2.06.